The number of piperidine rings is 1. The van der Waals surface area contributed by atoms with Crippen LogP contribution in [-0.2, 0) is 16.8 Å². The second-order valence-corrected chi connectivity index (χ2v) is 13.6. The molecule has 1 aromatic carbocycles. The highest BCUT2D eigenvalue weighted by Crippen LogP contribution is 2.32. The van der Waals surface area contributed by atoms with E-state index in [1.165, 1.54) is 0 Å². The van der Waals surface area contributed by atoms with Crippen LogP contribution in [0.5, 0.6) is 5.75 Å². The summed E-state index contributed by atoms with van der Waals surface area (Å²) < 4.78 is 30.1. The van der Waals surface area contributed by atoms with E-state index < -0.39 is 10.2 Å². The number of aliphatic imine (C=N–C) groups is 1. The topological polar surface area (TPSA) is 126 Å². The molecule has 11 nitrogen and oxygen atoms in total. The molecule has 1 atom stereocenters. The number of phenols is 1. The number of benzene rings is 1. The quantitative estimate of drug-likeness (QED) is 0.419. The predicted molar refractivity (Wildman–Crippen MR) is 167 cm³/mol. The Bertz CT molecular complexity index is 1490. The lowest BCUT2D eigenvalue weighted by Gasteiger charge is -2.47. The van der Waals surface area contributed by atoms with Crippen molar-refractivity contribution >= 4 is 56.6 Å². The highest BCUT2D eigenvalue weighted by atomic mass is 35.5. The smallest absolute Gasteiger partial charge is 0.345 e. The summed E-state index contributed by atoms with van der Waals surface area (Å²) in [6.45, 7) is 7.52. The number of amidine groups is 2. The van der Waals surface area contributed by atoms with Crippen LogP contribution in [0.2, 0.25) is 10.0 Å². The molecule has 0 bridgehead atoms. The first-order valence-corrected chi connectivity index (χ1v) is 16.7. The van der Waals surface area contributed by atoms with Gasteiger partial charge in [0.25, 0.3) is 0 Å². The molecule has 42 heavy (non-hydrogen) atoms. The van der Waals surface area contributed by atoms with Crippen molar-refractivity contribution in [1.29, 1.82) is 0 Å². The molecule has 226 valence electrons. The van der Waals surface area contributed by atoms with Gasteiger partial charge in [0.15, 0.2) is 11.7 Å². The van der Waals surface area contributed by atoms with Crippen LogP contribution in [0.15, 0.2) is 39.9 Å². The van der Waals surface area contributed by atoms with Crippen LogP contribution in [0.4, 0.5) is 11.5 Å². The minimum Gasteiger partial charge on any atom is -0.508 e. The van der Waals surface area contributed by atoms with Gasteiger partial charge < -0.3 is 15.3 Å². The number of nitrogens with zero attached hydrogens (tertiary/aromatic N) is 6. The number of piperazine rings is 1. The lowest BCUT2D eigenvalue weighted by atomic mass is 9.97. The largest absolute Gasteiger partial charge is 0.508 e. The highest BCUT2D eigenvalue weighted by molar-refractivity contribution is 7.89. The number of aromatic hydroxyl groups is 1. The summed E-state index contributed by atoms with van der Waals surface area (Å²) in [5.74, 6) is 1.37. The van der Waals surface area contributed by atoms with Crippen LogP contribution in [0.1, 0.15) is 44.6 Å². The Morgan fingerprint density at radius 1 is 1.12 bits per heavy atom. The number of rotatable bonds is 7. The van der Waals surface area contributed by atoms with E-state index in [0.717, 1.165) is 82.8 Å². The SMILES string of the molecule is CC[C@H]1CN(c2ncc(NC3=NS(=O)(=O)NC3=NC3CC3)cc2Cl)CCN1C1CCN(Cc2ccc(Cl)cc2O)CC1. The second-order valence-electron chi connectivity index (χ2n) is 11.4. The Hall–Kier alpha value is -2.64. The third kappa shape index (κ3) is 6.78. The van der Waals surface area contributed by atoms with E-state index in [2.05, 4.69) is 46.0 Å². The fourth-order valence-corrected chi connectivity index (χ4v) is 7.27. The zero-order chi connectivity index (χ0) is 29.4. The molecule has 3 fully saturated rings. The summed E-state index contributed by atoms with van der Waals surface area (Å²) in [5.41, 5.74) is 1.46. The zero-order valence-corrected chi connectivity index (χ0v) is 25.8. The number of likely N-dealkylation sites (tertiary alicyclic amines) is 1. The Kier molecular flexibility index (Phi) is 8.52. The van der Waals surface area contributed by atoms with Gasteiger partial charge in [0.2, 0.25) is 0 Å². The number of anilines is 2. The average molecular weight is 636 g/mol. The van der Waals surface area contributed by atoms with Crippen molar-refractivity contribution in [3.8, 4) is 5.75 Å². The van der Waals surface area contributed by atoms with Gasteiger partial charge >= 0.3 is 10.2 Å². The minimum atomic E-state index is -3.80. The number of pyridine rings is 1. The van der Waals surface area contributed by atoms with Gasteiger partial charge in [-0.2, -0.15) is 8.42 Å². The number of aromatic nitrogens is 1. The third-order valence-electron chi connectivity index (χ3n) is 8.37. The Morgan fingerprint density at radius 2 is 1.90 bits per heavy atom. The molecule has 3 N–H and O–H groups in total. The fourth-order valence-electron chi connectivity index (χ4n) is 6.01. The van der Waals surface area contributed by atoms with Crippen LogP contribution in [-0.4, -0.2) is 90.8 Å². The van der Waals surface area contributed by atoms with E-state index in [-0.39, 0.29) is 23.5 Å². The van der Waals surface area contributed by atoms with Gasteiger partial charge in [-0.15, -0.1) is 4.40 Å². The number of halogens is 2. The van der Waals surface area contributed by atoms with Gasteiger partial charge in [-0.3, -0.25) is 14.8 Å². The molecule has 0 radical (unpaired) electrons. The minimum absolute atomic E-state index is 0.137. The number of hydrogen-bond acceptors (Lipinski definition) is 9. The average Bonchev–Trinajstić information content (AvgIpc) is 3.73. The number of nitrogens with one attached hydrogen (secondary N) is 2. The lowest BCUT2D eigenvalue weighted by molar-refractivity contribution is 0.0608. The van der Waals surface area contributed by atoms with E-state index in [1.54, 1.807) is 18.3 Å². The van der Waals surface area contributed by atoms with Crippen LogP contribution in [0.25, 0.3) is 0 Å². The van der Waals surface area contributed by atoms with E-state index >= 15 is 0 Å². The predicted octanol–water partition coefficient (Wildman–Crippen LogP) is 3.88. The van der Waals surface area contributed by atoms with E-state index in [9.17, 15) is 13.5 Å². The second kappa shape index (κ2) is 12.2. The molecule has 0 unspecified atom stereocenters. The van der Waals surface area contributed by atoms with Gasteiger partial charge in [0, 0.05) is 48.8 Å². The Balaban J connectivity index is 1.06. The van der Waals surface area contributed by atoms with E-state index in [1.807, 2.05) is 12.1 Å². The molecule has 3 aliphatic heterocycles. The first kappa shape index (κ1) is 29.4. The molecule has 4 aliphatic rings. The van der Waals surface area contributed by atoms with Gasteiger partial charge in [-0.05, 0) is 63.4 Å². The monoisotopic (exact) mass is 634 g/mol. The summed E-state index contributed by atoms with van der Waals surface area (Å²) in [4.78, 5) is 16.4. The molecule has 0 spiro atoms. The lowest BCUT2D eigenvalue weighted by Crippen LogP contribution is -2.58. The summed E-state index contributed by atoms with van der Waals surface area (Å²) in [5, 5.41) is 14.3. The summed E-state index contributed by atoms with van der Waals surface area (Å²) >= 11 is 12.7. The van der Waals surface area contributed by atoms with Crippen LogP contribution >= 0.6 is 23.2 Å². The maximum Gasteiger partial charge on any atom is 0.345 e. The Labute approximate surface area is 256 Å². The molecule has 1 aromatic heterocycles. The van der Waals surface area contributed by atoms with Crippen molar-refractivity contribution < 1.29 is 13.5 Å². The van der Waals surface area contributed by atoms with Crippen molar-refractivity contribution in [3.63, 3.8) is 0 Å². The van der Waals surface area contributed by atoms with Crippen molar-refractivity contribution in [3.05, 3.63) is 46.1 Å². The van der Waals surface area contributed by atoms with E-state index in [0.29, 0.717) is 27.8 Å². The van der Waals surface area contributed by atoms with Gasteiger partial charge in [0.1, 0.15) is 11.6 Å². The maximum absolute atomic E-state index is 12.0. The molecular formula is C28H36Cl2N8O3S. The van der Waals surface area contributed by atoms with Gasteiger partial charge in [-0.25, -0.2) is 9.71 Å². The third-order valence-corrected chi connectivity index (χ3v) is 9.76. The molecule has 4 heterocycles. The summed E-state index contributed by atoms with van der Waals surface area (Å²) in [6.07, 6.45) is 6.75. The van der Waals surface area contributed by atoms with Crippen LogP contribution < -0.4 is 14.9 Å². The Morgan fingerprint density at radius 3 is 2.60 bits per heavy atom. The van der Waals surface area contributed by atoms with Crippen LogP contribution in [0.3, 0.4) is 0 Å². The van der Waals surface area contributed by atoms with Gasteiger partial charge in [-0.1, -0.05) is 36.2 Å². The molecule has 2 saturated heterocycles. The van der Waals surface area contributed by atoms with Crippen molar-refractivity contribution in [1.82, 2.24) is 19.5 Å². The highest BCUT2D eigenvalue weighted by Gasteiger charge is 2.34. The fraction of sp³-hybridized carbons (Fsp3) is 0.536. The molecular weight excluding hydrogens is 599 g/mol. The molecule has 1 aliphatic carbocycles. The first-order valence-electron chi connectivity index (χ1n) is 14.5. The summed E-state index contributed by atoms with van der Waals surface area (Å²) in [6, 6.07) is 8.14. The van der Waals surface area contributed by atoms with Crippen LogP contribution in [0, 0.1) is 0 Å². The first-order chi connectivity index (χ1) is 20.2. The normalized spacial score (nSPS) is 24.5. The molecule has 14 heteroatoms. The van der Waals surface area contributed by atoms with Crippen molar-refractivity contribution in [2.24, 2.45) is 9.39 Å². The van der Waals surface area contributed by atoms with E-state index in [4.69, 9.17) is 23.2 Å². The number of phenolic OH excluding ortho intramolecular Hbond substituents is 1. The maximum atomic E-state index is 12.0. The molecule has 1 saturated carbocycles. The number of hydrogen-bond donors (Lipinski definition) is 3. The molecule has 6 rings (SSSR count). The van der Waals surface area contributed by atoms with Crippen molar-refractivity contribution in [2.45, 2.75) is 63.7 Å². The summed E-state index contributed by atoms with van der Waals surface area (Å²) in [7, 11) is -3.80. The molecule has 0 amide bonds. The van der Waals surface area contributed by atoms with Gasteiger partial charge in [0.05, 0.1) is 22.9 Å². The standard InChI is InChI=1S/C28H36Cl2N8O3S/c1-2-22-17-37(11-12-38(22)23-7-9-36(10-8-23)16-18-3-4-19(29)13-25(18)39)28-24(30)14-21(15-31-28)33-27-26(32-20-5-6-20)34-42(40,41)35-27/h3-4,13-15,20,22-23,39H,2,5-12,16-17H2,1H3,(H,32,34)(H,33,35)/t22-/m0/s1. The van der Waals surface area contributed by atoms with Crippen molar-refractivity contribution in [2.75, 3.05) is 42.9 Å². The molecule has 2 aromatic rings. The zero-order valence-electron chi connectivity index (χ0n) is 23.5.